The monoisotopic (exact) mass is 332 g/mol. The topological polar surface area (TPSA) is 27.7 Å². The van der Waals surface area contributed by atoms with Crippen LogP contribution >= 0.6 is 0 Å². The first-order valence-corrected chi connectivity index (χ1v) is 9.13. The third kappa shape index (κ3) is 5.44. The van der Waals surface area contributed by atoms with Crippen LogP contribution in [0.2, 0.25) is 0 Å². The largest absolute Gasteiger partial charge is 0.373 e. The molecule has 1 fully saturated rings. The molecular formula is C21H32O3. The average molecular weight is 332 g/mol. The SMILES string of the molecule is C=CCOC(C1CCCCC1)C(CC(OC)OC)c1ccccc1. The Hall–Kier alpha value is -1.16. The van der Waals surface area contributed by atoms with Crippen LogP contribution in [0, 0.1) is 5.92 Å². The van der Waals surface area contributed by atoms with Gasteiger partial charge in [-0.25, -0.2) is 0 Å². The Bertz CT molecular complexity index is 449. The summed E-state index contributed by atoms with van der Waals surface area (Å²) in [6, 6.07) is 10.6. The van der Waals surface area contributed by atoms with E-state index in [1.165, 1.54) is 37.7 Å². The summed E-state index contributed by atoms with van der Waals surface area (Å²) in [6.07, 6.45) is 9.06. The van der Waals surface area contributed by atoms with Gasteiger partial charge in [-0.3, -0.25) is 0 Å². The first-order chi connectivity index (χ1) is 11.8. The second-order valence-corrected chi connectivity index (χ2v) is 6.64. The van der Waals surface area contributed by atoms with Gasteiger partial charge in [0.05, 0.1) is 12.7 Å². The van der Waals surface area contributed by atoms with E-state index in [9.17, 15) is 0 Å². The van der Waals surface area contributed by atoms with Crippen molar-refractivity contribution in [2.75, 3.05) is 20.8 Å². The Morgan fingerprint density at radius 1 is 1.08 bits per heavy atom. The normalized spacial score (nSPS) is 18.5. The highest BCUT2D eigenvalue weighted by molar-refractivity contribution is 5.21. The first kappa shape index (κ1) is 19.2. The van der Waals surface area contributed by atoms with E-state index in [4.69, 9.17) is 14.2 Å². The number of hydrogen-bond donors (Lipinski definition) is 0. The van der Waals surface area contributed by atoms with Crippen LogP contribution in [0.3, 0.4) is 0 Å². The number of rotatable bonds is 10. The molecule has 1 aromatic rings. The lowest BCUT2D eigenvalue weighted by Gasteiger charge is -2.37. The molecule has 3 heteroatoms. The molecule has 0 aromatic heterocycles. The summed E-state index contributed by atoms with van der Waals surface area (Å²) in [6.45, 7) is 4.42. The van der Waals surface area contributed by atoms with E-state index < -0.39 is 0 Å². The van der Waals surface area contributed by atoms with Crippen LogP contribution in [0.5, 0.6) is 0 Å². The van der Waals surface area contributed by atoms with E-state index in [1.807, 2.05) is 6.08 Å². The second-order valence-electron chi connectivity index (χ2n) is 6.64. The van der Waals surface area contributed by atoms with Crippen LogP contribution in [0.25, 0.3) is 0 Å². The van der Waals surface area contributed by atoms with Crippen LogP contribution < -0.4 is 0 Å². The summed E-state index contributed by atoms with van der Waals surface area (Å²) in [5.41, 5.74) is 1.30. The number of benzene rings is 1. The van der Waals surface area contributed by atoms with E-state index in [2.05, 4.69) is 36.9 Å². The highest BCUT2D eigenvalue weighted by atomic mass is 16.7. The van der Waals surface area contributed by atoms with Gasteiger partial charge >= 0.3 is 0 Å². The summed E-state index contributed by atoms with van der Waals surface area (Å²) in [5, 5.41) is 0. The van der Waals surface area contributed by atoms with Crippen LogP contribution in [0.4, 0.5) is 0 Å². The van der Waals surface area contributed by atoms with Gasteiger partial charge in [0.25, 0.3) is 0 Å². The maximum absolute atomic E-state index is 6.31. The second kappa shape index (κ2) is 10.7. The highest BCUT2D eigenvalue weighted by Gasteiger charge is 2.34. The summed E-state index contributed by atoms with van der Waals surface area (Å²) < 4.78 is 17.3. The fraction of sp³-hybridized carbons (Fsp3) is 0.619. The molecule has 1 aromatic carbocycles. The van der Waals surface area contributed by atoms with Gasteiger partial charge in [0.2, 0.25) is 0 Å². The maximum Gasteiger partial charge on any atom is 0.157 e. The Labute approximate surface area is 147 Å². The predicted octanol–water partition coefficient (Wildman–Crippen LogP) is 4.93. The third-order valence-electron chi connectivity index (χ3n) is 5.12. The zero-order valence-electron chi connectivity index (χ0n) is 15.2. The van der Waals surface area contributed by atoms with Gasteiger partial charge < -0.3 is 14.2 Å². The van der Waals surface area contributed by atoms with E-state index >= 15 is 0 Å². The molecule has 134 valence electrons. The van der Waals surface area contributed by atoms with Crippen LogP contribution in [0.15, 0.2) is 43.0 Å². The zero-order valence-corrected chi connectivity index (χ0v) is 15.2. The Morgan fingerprint density at radius 3 is 2.33 bits per heavy atom. The number of hydrogen-bond acceptors (Lipinski definition) is 3. The lowest BCUT2D eigenvalue weighted by molar-refractivity contribution is -0.121. The molecule has 0 N–H and O–H groups in total. The maximum atomic E-state index is 6.31. The minimum Gasteiger partial charge on any atom is -0.373 e. The molecule has 0 aliphatic heterocycles. The predicted molar refractivity (Wildman–Crippen MR) is 98.1 cm³/mol. The molecule has 2 unspecified atom stereocenters. The van der Waals surface area contributed by atoms with E-state index in [0.717, 1.165) is 6.42 Å². The molecule has 2 rings (SSSR count). The van der Waals surface area contributed by atoms with Crippen molar-refractivity contribution in [2.45, 2.75) is 56.8 Å². The molecule has 0 spiro atoms. The molecule has 1 saturated carbocycles. The van der Waals surface area contributed by atoms with E-state index in [-0.39, 0.29) is 18.3 Å². The zero-order chi connectivity index (χ0) is 17.2. The van der Waals surface area contributed by atoms with Gasteiger partial charge in [-0.05, 0) is 24.3 Å². The van der Waals surface area contributed by atoms with Gasteiger partial charge in [0.1, 0.15) is 0 Å². The Morgan fingerprint density at radius 2 is 1.75 bits per heavy atom. The molecule has 24 heavy (non-hydrogen) atoms. The molecule has 3 nitrogen and oxygen atoms in total. The van der Waals surface area contributed by atoms with Crippen molar-refractivity contribution in [1.29, 1.82) is 0 Å². The number of ether oxygens (including phenoxy) is 3. The molecule has 1 aliphatic rings. The number of methoxy groups -OCH3 is 2. The quantitative estimate of drug-likeness (QED) is 0.449. The molecule has 2 atom stereocenters. The Balaban J connectivity index is 2.25. The van der Waals surface area contributed by atoms with Gasteiger partial charge in [-0.15, -0.1) is 6.58 Å². The molecule has 0 bridgehead atoms. The van der Waals surface area contributed by atoms with Gasteiger partial charge in [0, 0.05) is 26.6 Å². The Kier molecular flexibility index (Phi) is 8.51. The van der Waals surface area contributed by atoms with Gasteiger partial charge in [-0.2, -0.15) is 0 Å². The highest BCUT2D eigenvalue weighted by Crippen LogP contribution is 2.38. The fourth-order valence-corrected chi connectivity index (χ4v) is 3.88. The van der Waals surface area contributed by atoms with Crippen LogP contribution in [-0.2, 0) is 14.2 Å². The van der Waals surface area contributed by atoms with Crippen LogP contribution in [0.1, 0.15) is 50.0 Å². The minimum absolute atomic E-state index is 0.179. The lowest BCUT2D eigenvalue weighted by Crippen LogP contribution is -2.35. The first-order valence-electron chi connectivity index (χ1n) is 9.13. The van der Waals surface area contributed by atoms with Gasteiger partial charge in [0.15, 0.2) is 6.29 Å². The standard InChI is InChI=1S/C21H32O3/c1-4-15-24-21(18-13-9-6-10-14-18)19(16-20(22-2)23-3)17-11-7-5-8-12-17/h4-5,7-8,11-12,18-21H,1,6,9-10,13-16H2,2-3H3. The van der Waals surface area contributed by atoms with Crippen molar-refractivity contribution in [3.63, 3.8) is 0 Å². The smallest absolute Gasteiger partial charge is 0.157 e. The lowest BCUT2D eigenvalue weighted by atomic mass is 9.76. The average Bonchev–Trinajstić information content (AvgIpc) is 2.66. The van der Waals surface area contributed by atoms with Crippen molar-refractivity contribution >= 4 is 0 Å². The molecule has 1 aliphatic carbocycles. The summed E-state index contributed by atoms with van der Waals surface area (Å²) in [7, 11) is 3.41. The summed E-state index contributed by atoms with van der Waals surface area (Å²) >= 11 is 0. The van der Waals surface area contributed by atoms with Gasteiger partial charge in [-0.1, -0.05) is 55.7 Å². The molecule has 0 radical (unpaired) electrons. The van der Waals surface area contributed by atoms with Crippen LogP contribution in [-0.4, -0.2) is 33.2 Å². The van der Waals surface area contributed by atoms with E-state index in [0.29, 0.717) is 12.5 Å². The van der Waals surface area contributed by atoms with Crippen molar-refractivity contribution in [3.05, 3.63) is 48.6 Å². The summed E-state index contributed by atoms with van der Waals surface area (Å²) in [5.74, 6) is 0.859. The summed E-state index contributed by atoms with van der Waals surface area (Å²) in [4.78, 5) is 0. The minimum atomic E-state index is -0.214. The van der Waals surface area contributed by atoms with Crippen molar-refractivity contribution in [3.8, 4) is 0 Å². The molecule has 0 amide bonds. The van der Waals surface area contributed by atoms with Crippen molar-refractivity contribution < 1.29 is 14.2 Å². The molecule has 0 saturated heterocycles. The molecule has 0 heterocycles. The van der Waals surface area contributed by atoms with E-state index in [1.54, 1.807) is 14.2 Å². The third-order valence-corrected chi connectivity index (χ3v) is 5.12. The fourth-order valence-electron chi connectivity index (χ4n) is 3.88. The molecular weight excluding hydrogens is 300 g/mol. The van der Waals surface area contributed by atoms with Crippen molar-refractivity contribution in [1.82, 2.24) is 0 Å². The van der Waals surface area contributed by atoms with Crippen molar-refractivity contribution in [2.24, 2.45) is 5.92 Å².